The second-order valence-corrected chi connectivity index (χ2v) is 3.70. The van der Waals surface area contributed by atoms with Crippen molar-refractivity contribution in [3.8, 4) is 0 Å². The highest BCUT2D eigenvalue weighted by atomic mass is 14.7. The number of hydrogen-bond donors (Lipinski definition) is 2. The summed E-state index contributed by atoms with van der Waals surface area (Å²) in [5.74, 6) is 0.286. The molecule has 2 atom stereocenters. The van der Waals surface area contributed by atoms with Crippen molar-refractivity contribution in [1.29, 1.82) is 0 Å². The molecule has 0 fully saturated rings. The molecule has 0 saturated carbocycles. The fraction of sp³-hybridized carbons (Fsp3) is 0.600. The van der Waals surface area contributed by atoms with E-state index >= 15 is 0 Å². The van der Waals surface area contributed by atoms with Crippen molar-refractivity contribution in [2.45, 2.75) is 33.7 Å². The minimum Gasteiger partial charge on any atom is -0.402 e. The SMILES string of the molecule is CC1=C(N)C(C)C(N)C(C)=C1C. The Labute approximate surface area is 74.3 Å². The van der Waals surface area contributed by atoms with Crippen molar-refractivity contribution >= 4 is 0 Å². The molecule has 0 aromatic carbocycles. The van der Waals surface area contributed by atoms with Crippen LogP contribution in [0.25, 0.3) is 0 Å². The maximum Gasteiger partial charge on any atom is 0.0337 e. The van der Waals surface area contributed by atoms with Crippen molar-refractivity contribution in [2.24, 2.45) is 17.4 Å². The van der Waals surface area contributed by atoms with Crippen LogP contribution < -0.4 is 11.5 Å². The first kappa shape index (κ1) is 9.33. The van der Waals surface area contributed by atoms with E-state index in [0.717, 1.165) is 5.70 Å². The van der Waals surface area contributed by atoms with Gasteiger partial charge < -0.3 is 11.5 Å². The highest BCUT2D eigenvalue weighted by Gasteiger charge is 2.24. The summed E-state index contributed by atoms with van der Waals surface area (Å²) < 4.78 is 0. The summed E-state index contributed by atoms with van der Waals surface area (Å²) in [5, 5.41) is 0. The summed E-state index contributed by atoms with van der Waals surface area (Å²) in [5.41, 5.74) is 16.6. The van der Waals surface area contributed by atoms with E-state index in [1.807, 2.05) is 0 Å². The van der Waals surface area contributed by atoms with E-state index in [1.54, 1.807) is 0 Å². The average molecular weight is 166 g/mol. The van der Waals surface area contributed by atoms with Crippen LogP contribution in [0, 0.1) is 5.92 Å². The molecule has 1 aliphatic carbocycles. The van der Waals surface area contributed by atoms with Crippen LogP contribution in [0.1, 0.15) is 27.7 Å². The topological polar surface area (TPSA) is 52.0 Å². The van der Waals surface area contributed by atoms with Crippen LogP contribution in [0.5, 0.6) is 0 Å². The molecule has 0 bridgehead atoms. The van der Waals surface area contributed by atoms with Gasteiger partial charge in [0, 0.05) is 17.7 Å². The Morgan fingerprint density at radius 1 is 1.08 bits per heavy atom. The van der Waals surface area contributed by atoms with Gasteiger partial charge >= 0.3 is 0 Å². The predicted octanol–water partition coefficient (Wildman–Crippen LogP) is 1.53. The van der Waals surface area contributed by atoms with E-state index < -0.39 is 0 Å². The first-order chi connectivity index (χ1) is 5.46. The van der Waals surface area contributed by atoms with Crippen LogP contribution in [0.2, 0.25) is 0 Å². The van der Waals surface area contributed by atoms with Crippen molar-refractivity contribution < 1.29 is 0 Å². The van der Waals surface area contributed by atoms with Gasteiger partial charge in [-0.15, -0.1) is 0 Å². The molecule has 0 spiro atoms. The summed E-state index contributed by atoms with van der Waals surface area (Å²) >= 11 is 0. The normalized spacial score (nSPS) is 31.4. The lowest BCUT2D eigenvalue weighted by Gasteiger charge is -2.30. The molecule has 0 saturated heterocycles. The number of hydrogen-bond acceptors (Lipinski definition) is 2. The van der Waals surface area contributed by atoms with Crippen LogP contribution in [0.4, 0.5) is 0 Å². The molecule has 1 rings (SSSR count). The molecule has 2 heteroatoms. The zero-order valence-corrected chi connectivity index (χ0v) is 8.31. The van der Waals surface area contributed by atoms with Gasteiger partial charge in [0.2, 0.25) is 0 Å². The number of rotatable bonds is 0. The molecule has 0 amide bonds. The van der Waals surface area contributed by atoms with Gasteiger partial charge in [0.25, 0.3) is 0 Å². The second-order valence-electron chi connectivity index (χ2n) is 3.70. The monoisotopic (exact) mass is 166 g/mol. The van der Waals surface area contributed by atoms with E-state index in [-0.39, 0.29) is 12.0 Å². The Hall–Kier alpha value is -0.760. The molecule has 2 unspecified atom stereocenters. The zero-order chi connectivity index (χ0) is 9.46. The molecule has 12 heavy (non-hydrogen) atoms. The van der Waals surface area contributed by atoms with Crippen LogP contribution >= 0.6 is 0 Å². The molecule has 0 radical (unpaired) electrons. The Bertz CT molecular complexity index is 233. The quantitative estimate of drug-likeness (QED) is 0.573. The Kier molecular flexibility index (Phi) is 2.29. The summed E-state index contributed by atoms with van der Waals surface area (Å²) in [6.07, 6.45) is 0. The Morgan fingerprint density at radius 3 is 2.08 bits per heavy atom. The fourth-order valence-electron chi connectivity index (χ4n) is 1.67. The fourth-order valence-corrected chi connectivity index (χ4v) is 1.67. The highest BCUT2D eigenvalue weighted by Crippen LogP contribution is 2.30. The lowest BCUT2D eigenvalue weighted by atomic mass is 9.81. The van der Waals surface area contributed by atoms with Gasteiger partial charge in [-0.25, -0.2) is 0 Å². The van der Waals surface area contributed by atoms with Gasteiger partial charge in [-0.2, -0.15) is 0 Å². The van der Waals surface area contributed by atoms with Crippen LogP contribution in [-0.2, 0) is 0 Å². The molecule has 0 heterocycles. The minimum atomic E-state index is 0.105. The van der Waals surface area contributed by atoms with E-state index in [2.05, 4.69) is 27.7 Å². The van der Waals surface area contributed by atoms with E-state index in [4.69, 9.17) is 11.5 Å². The van der Waals surface area contributed by atoms with Crippen molar-refractivity contribution in [3.63, 3.8) is 0 Å². The van der Waals surface area contributed by atoms with Gasteiger partial charge in [-0.05, 0) is 31.9 Å². The molecule has 0 aromatic heterocycles. The third-order valence-corrected chi connectivity index (χ3v) is 3.12. The summed E-state index contributed by atoms with van der Waals surface area (Å²) in [4.78, 5) is 0. The maximum absolute atomic E-state index is 5.99. The average Bonchev–Trinajstić information content (AvgIpc) is 2.08. The first-order valence-corrected chi connectivity index (χ1v) is 4.36. The van der Waals surface area contributed by atoms with E-state index in [1.165, 1.54) is 16.7 Å². The van der Waals surface area contributed by atoms with Crippen molar-refractivity contribution in [1.82, 2.24) is 0 Å². The lowest BCUT2D eigenvalue weighted by molar-refractivity contribution is 0.547. The zero-order valence-electron chi connectivity index (χ0n) is 8.31. The number of nitrogens with two attached hydrogens (primary N) is 2. The second kappa shape index (κ2) is 2.94. The van der Waals surface area contributed by atoms with E-state index in [0.29, 0.717) is 0 Å². The molecule has 4 N–H and O–H groups in total. The number of allylic oxidation sites excluding steroid dienone is 2. The third kappa shape index (κ3) is 1.16. The standard InChI is InChI=1S/C10H18N2/c1-5-6(2)9(11)8(4)10(12)7(5)3/h8-9H,11-12H2,1-4H3. The molecule has 2 nitrogen and oxygen atoms in total. The largest absolute Gasteiger partial charge is 0.402 e. The molecular weight excluding hydrogens is 148 g/mol. The smallest absolute Gasteiger partial charge is 0.0337 e. The van der Waals surface area contributed by atoms with Gasteiger partial charge in [0.1, 0.15) is 0 Å². The Morgan fingerprint density at radius 2 is 1.58 bits per heavy atom. The van der Waals surface area contributed by atoms with Crippen LogP contribution in [0.15, 0.2) is 22.4 Å². The molecule has 1 aliphatic rings. The third-order valence-electron chi connectivity index (χ3n) is 3.12. The summed E-state index contributed by atoms with van der Waals surface area (Å²) in [6.45, 7) is 8.33. The Balaban J connectivity index is 3.18. The van der Waals surface area contributed by atoms with Gasteiger partial charge in [-0.3, -0.25) is 0 Å². The predicted molar refractivity (Wildman–Crippen MR) is 52.4 cm³/mol. The molecule has 0 aliphatic heterocycles. The van der Waals surface area contributed by atoms with Crippen molar-refractivity contribution in [3.05, 3.63) is 22.4 Å². The maximum atomic E-state index is 5.99. The van der Waals surface area contributed by atoms with Crippen LogP contribution in [0.3, 0.4) is 0 Å². The van der Waals surface area contributed by atoms with Crippen LogP contribution in [-0.4, -0.2) is 6.04 Å². The minimum absolute atomic E-state index is 0.105. The molecule has 0 aromatic rings. The van der Waals surface area contributed by atoms with E-state index in [9.17, 15) is 0 Å². The molecular formula is C10H18N2. The summed E-state index contributed by atoms with van der Waals surface area (Å²) in [7, 11) is 0. The molecule has 68 valence electrons. The lowest BCUT2D eigenvalue weighted by Crippen LogP contribution is -2.36. The van der Waals surface area contributed by atoms with Gasteiger partial charge in [0.15, 0.2) is 0 Å². The van der Waals surface area contributed by atoms with Crippen molar-refractivity contribution in [2.75, 3.05) is 0 Å². The first-order valence-electron chi connectivity index (χ1n) is 4.36. The van der Waals surface area contributed by atoms with Gasteiger partial charge in [0.05, 0.1) is 0 Å². The summed E-state index contributed by atoms with van der Waals surface area (Å²) in [6, 6.07) is 0.105. The highest BCUT2D eigenvalue weighted by molar-refractivity contribution is 5.42. The van der Waals surface area contributed by atoms with Gasteiger partial charge in [-0.1, -0.05) is 12.5 Å².